The highest BCUT2D eigenvalue weighted by Crippen LogP contribution is 2.29. The summed E-state index contributed by atoms with van der Waals surface area (Å²) in [6, 6.07) is 4.85. The minimum atomic E-state index is -0.408. The summed E-state index contributed by atoms with van der Waals surface area (Å²) in [7, 11) is 1.64. The number of nitrogens with one attached hydrogen (secondary N) is 1. The van der Waals surface area contributed by atoms with Crippen molar-refractivity contribution in [2.75, 3.05) is 20.3 Å². The molecule has 1 aromatic carbocycles. The van der Waals surface area contributed by atoms with Gasteiger partial charge in [0, 0.05) is 37.4 Å². The lowest BCUT2D eigenvalue weighted by Gasteiger charge is -2.02. The number of methoxy groups -OCH3 is 1. The number of hydrogen-bond acceptors (Lipinski definition) is 6. The van der Waals surface area contributed by atoms with Crippen molar-refractivity contribution >= 4 is 5.69 Å². The Labute approximate surface area is 122 Å². The molecule has 2 rings (SSSR count). The summed E-state index contributed by atoms with van der Waals surface area (Å²) in [5.41, 5.74) is 1.98. The van der Waals surface area contributed by atoms with Crippen LogP contribution in [-0.2, 0) is 11.3 Å². The Morgan fingerprint density at radius 1 is 1.48 bits per heavy atom. The molecule has 1 N–H and O–H groups in total. The lowest BCUT2D eigenvalue weighted by molar-refractivity contribution is -0.385. The summed E-state index contributed by atoms with van der Waals surface area (Å²) in [5.74, 6) is 0.389. The van der Waals surface area contributed by atoms with Crippen LogP contribution in [0, 0.1) is 17.0 Å². The Hall–Kier alpha value is -2.25. The van der Waals surface area contributed by atoms with Crippen LogP contribution in [0.4, 0.5) is 5.69 Å². The van der Waals surface area contributed by atoms with E-state index < -0.39 is 4.92 Å². The lowest BCUT2D eigenvalue weighted by atomic mass is 10.1. The van der Waals surface area contributed by atoms with Gasteiger partial charge < -0.3 is 14.5 Å². The van der Waals surface area contributed by atoms with Crippen LogP contribution < -0.4 is 5.32 Å². The Bertz CT molecular complexity index is 624. The van der Waals surface area contributed by atoms with Gasteiger partial charge in [-0.3, -0.25) is 10.1 Å². The van der Waals surface area contributed by atoms with Crippen LogP contribution in [-0.4, -0.2) is 30.2 Å². The van der Waals surface area contributed by atoms with Crippen LogP contribution in [0.3, 0.4) is 0 Å². The highest BCUT2D eigenvalue weighted by molar-refractivity contribution is 5.64. The number of hydrogen-bond donors (Lipinski definition) is 1. The van der Waals surface area contributed by atoms with Gasteiger partial charge in [-0.15, -0.1) is 0 Å². The van der Waals surface area contributed by atoms with Gasteiger partial charge in [0.1, 0.15) is 6.26 Å². The number of nitro groups is 1. The molecule has 0 unspecified atom stereocenters. The molecule has 1 heterocycles. The minimum absolute atomic E-state index is 0.0606. The smallest absolute Gasteiger partial charge is 0.273 e. The molecule has 0 atom stereocenters. The van der Waals surface area contributed by atoms with Gasteiger partial charge in [-0.1, -0.05) is 6.07 Å². The van der Waals surface area contributed by atoms with Gasteiger partial charge in [-0.25, -0.2) is 4.98 Å². The third-order valence-electron chi connectivity index (χ3n) is 3.07. The van der Waals surface area contributed by atoms with Gasteiger partial charge >= 0.3 is 0 Å². The largest absolute Gasteiger partial charge is 0.444 e. The third-order valence-corrected chi connectivity index (χ3v) is 3.07. The van der Waals surface area contributed by atoms with E-state index in [9.17, 15) is 10.1 Å². The standard InChI is InChI=1S/C14H17N3O4/c1-10-12(4-3-5-13(10)17(18)19)14-16-11(9-21-14)8-15-6-7-20-2/h3-5,9,15H,6-8H2,1-2H3. The molecule has 7 heteroatoms. The molecule has 21 heavy (non-hydrogen) atoms. The number of oxazole rings is 1. The molecule has 0 bridgehead atoms. The van der Waals surface area contributed by atoms with Crippen molar-refractivity contribution in [1.82, 2.24) is 10.3 Å². The predicted molar refractivity (Wildman–Crippen MR) is 76.9 cm³/mol. The first-order chi connectivity index (χ1) is 10.1. The van der Waals surface area contributed by atoms with E-state index in [1.54, 1.807) is 32.4 Å². The van der Waals surface area contributed by atoms with E-state index in [2.05, 4.69) is 10.3 Å². The number of benzene rings is 1. The monoisotopic (exact) mass is 291 g/mol. The van der Waals surface area contributed by atoms with E-state index in [0.29, 0.717) is 36.7 Å². The van der Waals surface area contributed by atoms with E-state index in [4.69, 9.17) is 9.15 Å². The highest BCUT2D eigenvalue weighted by atomic mass is 16.6. The van der Waals surface area contributed by atoms with Gasteiger partial charge in [0.15, 0.2) is 0 Å². The maximum atomic E-state index is 10.9. The van der Waals surface area contributed by atoms with Gasteiger partial charge in [0.25, 0.3) is 5.69 Å². The fraction of sp³-hybridized carbons (Fsp3) is 0.357. The number of rotatable bonds is 7. The summed E-state index contributed by atoms with van der Waals surface area (Å²) in [4.78, 5) is 14.9. The van der Waals surface area contributed by atoms with E-state index in [0.717, 1.165) is 5.69 Å². The average Bonchev–Trinajstić information content (AvgIpc) is 2.92. The van der Waals surface area contributed by atoms with Crippen molar-refractivity contribution in [2.45, 2.75) is 13.5 Å². The van der Waals surface area contributed by atoms with Crippen molar-refractivity contribution in [1.29, 1.82) is 0 Å². The van der Waals surface area contributed by atoms with E-state index >= 15 is 0 Å². The Kier molecular flexibility index (Phi) is 5.02. The van der Waals surface area contributed by atoms with Crippen LogP contribution in [0.5, 0.6) is 0 Å². The van der Waals surface area contributed by atoms with Crippen molar-refractivity contribution in [2.24, 2.45) is 0 Å². The second-order valence-electron chi connectivity index (χ2n) is 4.52. The van der Waals surface area contributed by atoms with Crippen molar-refractivity contribution in [3.8, 4) is 11.5 Å². The number of ether oxygens (including phenoxy) is 1. The molecule has 0 radical (unpaired) electrons. The Morgan fingerprint density at radius 3 is 3.00 bits per heavy atom. The summed E-state index contributed by atoms with van der Waals surface area (Å²) >= 11 is 0. The van der Waals surface area contributed by atoms with Crippen molar-refractivity contribution < 1.29 is 14.1 Å². The molecule has 0 aliphatic carbocycles. The topological polar surface area (TPSA) is 90.4 Å². The Morgan fingerprint density at radius 2 is 2.29 bits per heavy atom. The first-order valence-electron chi connectivity index (χ1n) is 6.52. The van der Waals surface area contributed by atoms with E-state index in [1.807, 2.05) is 0 Å². The quantitative estimate of drug-likeness (QED) is 0.478. The number of aromatic nitrogens is 1. The molecular weight excluding hydrogens is 274 g/mol. The summed E-state index contributed by atoms with van der Waals surface area (Å²) in [6.07, 6.45) is 1.55. The highest BCUT2D eigenvalue weighted by Gasteiger charge is 2.17. The fourth-order valence-electron chi connectivity index (χ4n) is 1.96. The Balaban J connectivity index is 2.14. The van der Waals surface area contributed by atoms with Crippen LogP contribution in [0.15, 0.2) is 28.9 Å². The van der Waals surface area contributed by atoms with Crippen molar-refractivity contribution in [3.63, 3.8) is 0 Å². The molecule has 0 saturated heterocycles. The molecule has 0 fully saturated rings. The second kappa shape index (κ2) is 6.96. The average molecular weight is 291 g/mol. The second-order valence-corrected chi connectivity index (χ2v) is 4.52. The molecule has 112 valence electrons. The number of nitro benzene ring substituents is 1. The lowest BCUT2D eigenvalue weighted by Crippen LogP contribution is -2.18. The van der Waals surface area contributed by atoms with Gasteiger partial charge in [-0.05, 0) is 13.0 Å². The first kappa shape index (κ1) is 15.1. The predicted octanol–water partition coefficient (Wildman–Crippen LogP) is 2.29. The fourth-order valence-corrected chi connectivity index (χ4v) is 1.96. The van der Waals surface area contributed by atoms with Crippen LogP contribution in [0.2, 0.25) is 0 Å². The molecule has 0 spiro atoms. The molecule has 1 aromatic heterocycles. The summed E-state index contributed by atoms with van der Waals surface area (Å²) < 4.78 is 10.4. The molecular formula is C14H17N3O4. The normalized spacial score (nSPS) is 10.8. The minimum Gasteiger partial charge on any atom is -0.444 e. The molecule has 2 aromatic rings. The summed E-state index contributed by atoms with van der Waals surface area (Å²) in [6.45, 7) is 3.58. The van der Waals surface area contributed by atoms with Crippen LogP contribution in [0.25, 0.3) is 11.5 Å². The molecule has 7 nitrogen and oxygen atoms in total. The molecule has 0 amide bonds. The zero-order valence-corrected chi connectivity index (χ0v) is 12.0. The zero-order chi connectivity index (χ0) is 15.2. The zero-order valence-electron chi connectivity index (χ0n) is 12.0. The summed E-state index contributed by atoms with van der Waals surface area (Å²) in [5, 5.41) is 14.1. The van der Waals surface area contributed by atoms with E-state index in [-0.39, 0.29) is 5.69 Å². The van der Waals surface area contributed by atoms with E-state index in [1.165, 1.54) is 6.07 Å². The molecule has 0 aliphatic rings. The SMILES string of the molecule is COCCNCc1coc(-c2cccc([N+](=O)[O-])c2C)n1. The van der Waals surface area contributed by atoms with Gasteiger partial charge in [0.2, 0.25) is 5.89 Å². The first-order valence-corrected chi connectivity index (χ1v) is 6.52. The molecule has 0 saturated carbocycles. The number of nitrogens with zero attached hydrogens (tertiary/aromatic N) is 2. The molecule has 0 aliphatic heterocycles. The van der Waals surface area contributed by atoms with Gasteiger partial charge in [0.05, 0.1) is 17.2 Å². The maximum absolute atomic E-state index is 10.9. The van der Waals surface area contributed by atoms with Crippen molar-refractivity contribution in [3.05, 3.63) is 45.8 Å². The van der Waals surface area contributed by atoms with Gasteiger partial charge in [-0.2, -0.15) is 0 Å². The van der Waals surface area contributed by atoms with Crippen LogP contribution in [0.1, 0.15) is 11.3 Å². The van der Waals surface area contributed by atoms with Crippen LogP contribution >= 0.6 is 0 Å². The third kappa shape index (κ3) is 3.65. The maximum Gasteiger partial charge on any atom is 0.273 e.